The second-order valence-corrected chi connectivity index (χ2v) is 3.35. The molecule has 0 amide bonds. The van der Waals surface area contributed by atoms with Gasteiger partial charge in [0.15, 0.2) is 0 Å². The van der Waals surface area contributed by atoms with Gasteiger partial charge in [0.05, 0.1) is 4.92 Å². The van der Waals surface area contributed by atoms with Crippen molar-refractivity contribution in [1.82, 2.24) is 0 Å². The van der Waals surface area contributed by atoms with Crippen LogP contribution in [-0.2, 0) is 4.79 Å². The monoisotopic (exact) mass is 224 g/mol. The first-order chi connectivity index (χ1) is 7.52. The van der Waals surface area contributed by atoms with E-state index in [4.69, 9.17) is 10.8 Å². The van der Waals surface area contributed by atoms with Crippen molar-refractivity contribution in [3.8, 4) is 0 Å². The van der Waals surface area contributed by atoms with E-state index in [0.717, 1.165) is 0 Å². The van der Waals surface area contributed by atoms with E-state index < -0.39 is 16.9 Å². The van der Waals surface area contributed by atoms with Gasteiger partial charge in [-0.15, -0.1) is 0 Å². The number of hydrogen-bond acceptors (Lipinski definition) is 4. The lowest BCUT2D eigenvalue weighted by atomic mass is 10.0. The SMILES string of the molecule is NC(CCC(=O)O)c1ccccc1[N+](=O)[O-]. The Bertz CT molecular complexity index is 406. The summed E-state index contributed by atoms with van der Waals surface area (Å²) in [5, 5.41) is 19.2. The van der Waals surface area contributed by atoms with E-state index in [1.165, 1.54) is 6.07 Å². The van der Waals surface area contributed by atoms with Gasteiger partial charge in [0.25, 0.3) is 5.69 Å². The number of nitrogens with two attached hydrogens (primary N) is 1. The normalized spacial score (nSPS) is 12.1. The second kappa shape index (κ2) is 5.22. The Morgan fingerprint density at radius 1 is 1.50 bits per heavy atom. The molecule has 0 aliphatic heterocycles. The Morgan fingerprint density at radius 3 is 2.69 bits per heavy atom. The zero-order chi connectivity index (χ0) is 12.1. The molecule has 16 heavy (non-hydrogen) atoms. The highest BCUT2D eigenvalue weighted by Gasteiger charge is 2.18. The molecule has 0 radical (unpaired) electrons. The topological polar surface area (TPSA) is 106 Å². The molecule has 6 nitrogen and oxygen atoms in total. The van der Waals surface area contributed by atoms with Gasteiger partial charge in [0.1, 0.15) is 0 Å². The van der Waals surface area contributed by atoms with Crippen molar-refractivity contribution < 1.29 is 14.8 Å². The largest absolute Gasteiger partial charge is 0.481 e. The van der Waals surface area contributed by atoms with E-state index in [-0.39, 0.29) is 18.5 Å². The molecule has 0 bridgehead atoms. The molecule has 1 atom stereocenters. The molecule has 86 valence electrons. The predicted octanol–water partition coefficient (Wildman–Crippen LogP) is 1.46. The minimum Gasteiger partial charge on any atom is -0.481 e. The summed E-state index contributed by atoms with van der Waals surface area (Å²) in [7, 11) is 0. The van der Waals surface area contributed by atoms with Crippen molar-refractivity contribution in [2.24, 2.45) is 5.73 Å². The van der Waals surface area contributed by atoms with E-state index in [1.54, 1.807) is 18.2 Å². The molecular weight excluding hydrogens is 212 g/mol. The van der Waals surface area contributed by atoms with Crippen LogP contribution in [0.1, 0.15) is 24.4 Å². The summed E-state index contributed by atoms with van der Waals surface area (Å²) < 4.78 is 0. The summed E-state index contributed by atoms with van der Waals surface area (Å²) in [6.45, 7) is 0. The third-order valence-corrected chi connectivity index (χ3v) is 2.20. The second-order valence-electron chi connectivity index (χ2n) is 3.35. The van der Waals surface area contributed by atoms with Gasteiger partial charge in [-0.05, 0) is 6.42 Å². The maximum Gasteiger partial charge on any atom is 0.303 e. The molecule has 0 saturated carbocycles. The lowest BCUT2D eigenvalue weighted by molar-refractivity contribution is -0.385. The average Bonchev–Trinajstić information content (AvgIpc) is 2.25. The van der Waals surface area contributed by atoms with Crippen molar-refractivity contribution in [3.63, 3.8) is 0 Å². The van der Waals surface area contributed by atoms with Crippen molar-refractivity contribution >= 4 is 11.7 Å². The van der Waals surface area contributed by atoms with Gasteiger partial charge >= 0.3 is 5.97 Å². The van der Waals surface area contributed by atoms with Crippen LogP contribution in [0, 0.1) is 10.1 Å². The van der Waals surface area contributed by atoms with E-state index in [1.807, 2.05) is 0 Å². The van der Waals surface area contributed by atoms with E-state index in [2.05, 4.69) is 0 Å². The molecule has 6 heteroatoms. The Hall–Kier alpha value is -1.95. The number of carbonyl (C=O) groups is 1. The molecule has 0 fully saturated rings. The van der Waals surface area contributed by atoms with E-state index in [0.29, 0.717) is 5.56 Å². The number of rotatable bonds is 5. The van der Waals surface area contributed by atoms with Gasteiger partial charge in [0.2, 0.25) is 0 Å². The van der Waals surface area contributed by atoms with Gasteiger partial charge in [-0.3, -0.25) is 14.9 Å². The summed E-state index contributed by atoms with van der Waals surface area (Å²) in [6.07, 6.45) is 0.0768. The van der Waals surface area contributed by atoms with Crippen LogP contribution < -0.4 is 5.73 Å². The highest BCUT2D eigenvalue weighted by atomic mass is 16.6. The van der Waals surface area contributed by atoms with Crippen LogP contribution in [0.15, 0.2) is 24.3 Å². The quantitative estimate of drug-likeness (QED) is 0.581. The van der Waals surface area contributed by atoms with Crippen LogP contribution in [-0.4, -0.2) is 16.0 Å². The van der Waals surface area contributed by atoms with E-state index >= 15 is 0 Å². The highest BCUT2D eigenvalue weighted by molar-refractivity contribution is 5.66. The average molecular weight is 224 g/mol. The summed E-state index contributed by atoms with van der Waals surface area (Å²) >= 11 is 0. The van der Waals surface area contributed by atoms with Crippen molar-refractivity contribution in [3.05, 3.63) is 39.9 Å². The van der Waals surface area contributed by atoms with Gasteiger partial charge < -0.3 is 10.8 Å². The third kappa shape index (κ3) is 3.03. The minimum atomic E-state index is -0.964. The summed E-state index contributed by atoms with van der Waals surface area (Å²) in [5.41, 5.74) is 6.01. The van der Waals surface area contributed by atoms with Crippen LogP contribution in [0.4, 0.5) is 5.69 Å². The molecule has 3 N–H and O–H groups in total. The third-order valence-electron chi connectivity index (χ3n) is 2.20. The molecule has 1 unspecified atom stereocenters. The molecule has 0 spiro atoms. The minimum absolute atomic E-state index is 0.0691. The first-order valence-electron chi connectivity index (χ1n) is 4.73. The van der Waals surface area contributed by atoms with Crippen LogP contribution in [0.3, 0.4) is 0 Å². The molecule has 0 heterocycles. The lowest BCUT2D eigenvalue weighted by Crippen LogP contribution is -2.13. The van der Waals surface area contributed by atoms with Crippen LogP contribution in [0.2, 0.25) is 0 Å². The number of carboxylic acid groups (broad SMARTS) is 1. The van der Waals surface area contributed by atoms with Gasteiger partial charge in [-0.25, -0.2) is 0 Å². The molecule has 1 aromatic carbocycles. The lowest BCUT2D eigenvalue weighted by Gasteiger charge is -2.10. The smallest absolute Gasteiger partial charge is 0.303 e. The van der Waals surface area contributed by atoms with Crippen LogP contribution in [0.5, 0.6) is 0 Å². The fourth-order valence-corrected chi connectivity index (χ4v) is 1.40. The van der Waals surface area contributed by atoms with Crippen molar-refractivity contribution in [1.29, 1.82) is 0 Å². The Kier molecular flexibility index (Phi) is 3.96. The zero-order valence-electron chi connectivity index (χ0n) is 8.50. The molecule has 1 rings (SSSR count). The molecule has 1 aromatic rings. The van der Waals surface area contributed by atoms with Crippen molar-refractivity contribution in [2.45, 2.75) is 18.9 Å². The number of carboxylic acids is 1. The van der Waals surface area contributed by atoms with Crippen molar-refractivity contribution in [2.75, 3.05) is 0 Å². The Labute approximate surface area is 91.8 Å². The number of aliphatic carboxylic acids is 1. The maximum absolute atomic E-state index is 10.7. The number of nitro groups is 1. The number of para-hydroxylation sites is 1. The number of nitrogens with zero attached hydrogens (tertiary/aromatic N) is 1. The summed E-state index contributed by atoms with van der Waals surface area (Å²) in [6, 6.07) is 5.47. The fourth-order valence-electron chi connectivity index (χ4n) is 1.40. The van der Waals surface area contributed by atoms with Crippen LogP contribution >= 0.6 is 0 Å². The van der Waals surface area contributed by atoms with Gasteiger partial charge in [-0.2, -0.15) is 0 Å². The maximum atomic E-state index is 10.7. The number of benzene rings is 1. The van der Waals surface area contributed by atoms with Crippen LogP contribution in [0.25, 0.3) is 0 Å². The van der Waals surface area contributed by atoms with Gasteiger partial charge in [0, 0.05) is 24.1 Å². The Balaban J connectivity index is 2.85. The first-order valence-corrected chi connectivity index (χ1v) is 4.73. The standard InChI is InChI=1S/C10H12N2O4/c11-8(5-6-10(13)14)7-3-1-2-4-9(7)12(15)16/h1-4,8H,5-6,11H2,(H,13,14). The first kappa shape index (κ1) is 12.1. The fraction of sp³-hybridized carbons (Fsp3) is 0.300. The molecule has 0 aromatic heterocycles. The summed E-state index contributed by atoms with van der Waals surface area (Å²) in [4.78, 5) is 20.5. The highest BCUT2D eigenvalue weighted by Crippen LogP contribution is 2.25. The molecular formula is C10H12N2O4. The molecule has 0 saturated heterocycles. The van der Waals surface area contributed by atoms with E-state index in [9.17, 15) is 14.9 Å². The molecule has 0 aliphatic carbocycles. The Morgan fingerprint density at radius 2 is 2.12 bits per heavy atom. The number of nitro benzene ring substituents is 1. The van der Waals surface area contributed by atoms with Gasteiger partial charge in [-0.1, -0.05) is 18.2 Å². The predicted molar refractivity (Wildman–Crippen MR) is 56.9 cm³/mol. The molecule has 0 aliphatic rings. The number of hydrogen-bond donors (Lipinski definition) is 2. The zero-order valence-corrected chi connectivity index (χ0v) is 8.50. The summed E-state index contributed by atoms with van der Waals surface area (Å²) in [5.74, 6) is -0.964.